The Labute approximate surface area is 150 Å². The second kappa shape index (κ2) is 6.97. The van der Waals surface area contributed by atoms with E-state index in [1.165, 1.54) is 6.08 Å². The third kappa shape index (κ3) is 3.29. The molecule has 1 saturated heterocycles. The van der Waals surface area contributed by atoms with Crippen molar-refractivity contribution in [1.29, 1.82) is 0 Å². The number of H-pyrrole nitrogens is 1. The number of anilines is 1. The highest BCUT2D eigenvalue weighted by atomic mass is 16.5. The Morgan fingerprint density at radius 3 is 2.73 bits per heavy atom. The molecule has 3 aromatic heterocycles. The Balaban J connectivity index is 1.63. The number of amides is 1. The van der Waals surface area contributed by atoms with Crippen LogP contribution in [0.3, 0.4) is 0 Å². The highest BCUT2D eigenvalue weighted by molar-refractivity contribution is 5.95. The first-order chi connectivity index (χ1) is 12.7. The monoisotopic (exact) mass is 349 g/mol. The van der Waals surface area contributed by atoms with Crippen molar-refractivity contribution in [2.24, 2.45) is 5.73 Å². The average Bonchev–Trinajstić information content (AvgIpc) is 3.09. The zero-order chi connectivity index (χ0) is 17.9. The molecule has 7 heteroatoms. The lowest BCUT2D eigenvalue weighted by atomic mass is 10.1. The fourth-order valence-electron chi connectivity index (χ4n) is 3.03. The molecular weight excluding hydrogens is 330 g/mol. The number of hydrogen-bond acceptors (Lipinski definition) is 5. The molecule has 0 saturated carbocycles. The van der Waals surface area contributed by atoms with Crippen molar-refractivity contribution in [3.05, 3.63) is 48.4 Å². The summed E-state index contributed by atoms with van der Waals surface area (Å²) in [5.74, 6) is 0.476. The number of pyridine rings is 2. The molecule has 1 aliphatic rings. The van der Waals surface area contributed by atoms with Gasteiger partial charge in [0.05, 0.1) is 13.2 Å². The van der Waals surface area contributed by atoms with E-state index in [0.29, 0.717) is 0 Å². The van der Waals surface area contributed by atoms with E-state index in [1.807, 2.05) is 30.6 Å². The van der Waals surface area contributed by atoms with Crippen LogP contribution in [-0.4, -0.2) is 47.2 Å². The molecule has 1 amide bonds. The van der Waals surface area contributed by atoms with Crippen molar-refractivity contribution in [1.82, 2.24) is 15.0 Å². The van der Waals surface area contributed by atoms with Gasteiger partial charge in [0.25, 0.3) is 0 Å². The van der Waals surface area contributed by atoms with Crippen LogP contribution in [0.5, 0.6) is 0 Å². The molecule has 1 aliphatic heterocycles. The zero-order valence-corrected chi connectivity index (χ0v) is 14.2. The minimum Gasteiger partial charge on any atom is -0.378 e. The molecule has 0 aromatic carbocycles. The Hall–Kier alpha value is -3.19. The normalized spacial score (nSPS) is 15.0. The van der Waals surface area contributed by atoms with Gasteiger partial charge in [-0.3, -0.25) is 4.79 Å². The third-order valence-electron chi connectivity index (χ3n) is 4.41. The topological polar surface area (TPSA) is 97.1 Å². The number of nitrogens with zero attached hydrogens (tertiary/aromatic N) is 3. The summed E-state index contributed by atoms with van der Waals surface area (Å²) in [5.41, 5.74) is 8.76. The van der Waals surface area contributed by atoms with Gasteiger partial charge in [0.2, 0.25) is 5.91 Å². The minimum absolute atomic E-state index is 0.480. The van der Waals surface area contributed by atoms with Gasteiger partial charge in [0, 0.05) is 59.8 Å². The van der Waals surface area contributed by atoms with E-state index in [1.54, 1.807) is 12.3 Å². The van der Waals surface area contributed by atoms with Gasteiger partial charge < -0.3 is 20.4 Å². The fraction of sp³-hybridized carbons (Fsp3) is 0.211. The lowest BCUT2D eigenvalue weighted by Crippen LogP contribution is -2.36. The largest absolute Gasteiger partial charge is 0.378 e. The molecular formula is C19H19N5O2. The molecule has 7 nitrogen and oxygen atoms in total. The molecule has 3 aromatic rings. The molecule has 4 heterocycles. The number of nitrogens with one attached hydrogen (secondary N) is 1. The number of aromatic nitrogens is 3. The van der Waals surface area contributed by atoms with E-state index >= 15 is 0 Å². The van der Waals surface area contributed by atoms with Crippen LogP contribution >= 0.6 is 0 Å². The molecule has 0 spiro atoms. The van der Waals surface area contributed by atoms with Crippen molar-refractivity contribution in [3.63, 3.8) is 0 Å². The van der Waals surface area contributed by atoms with Crippen molar-refractivity contribution in [2.45, 2.75) is 0 Å². The number of carbonyl (C=O) groups excluding carboxylic acids is 1. The Morgan fingerprint density at radius 1 is 1.19 bits per heavy atom. The molecule has 4 rings (SSSR count). The van der Waals surface area contributed by atoms with E-state index in [-0.39, 0.29) is 0 Å². The standard InChI is InChI=1S/C19H19N5O2/c20-17(25)3-1-14-11-22-19-16(14)9-15(12-23-19)13-2-4-18(21-10-13)24-5-7-26-8-6-24/h1-4,9-12H,5-8H2,(H2,20,25)(H,22,23). The SMILES string of the molecule is NC(=O)C=Cc1c[nH]c2ncc(-c3ccc(N4CCOCC4)nc3)cc12. The number of morpholine rings is 1. The lowest BCUT2D eigenvalue weighted by molar-refractivity contribution is -0.113. The summed E-state index contributed by atoms with van der Waals surface area (Å²) in [4.78, 5) is 25.3. The minimum atomic E-state index is -0.480. The number of aromatic amines is 1. The number of primary amides is 1. The number of hydrogen-bond donors (Lipinski definition) is 2. The number of rotatable bonds is 4. The maximum absolute atomic E-state index is 11.0. The van der Waals surface area contributed by atoms with Crippen LogP contribution in [0.1, 0.15) is 5.56 Å². The van der Waals surface area contributed by atoms with Crippen LogP contribution in [0.25, 0.3) is 28.2 Å². The van der Waals surface area contributed by atoms with Crippen LogP contribution < -0.4 is 10.6 Å². The van der Waals surface area contributed by atoms with Gasteiger partial charge in [-0.1, -0.05) is 0 Å². The quantitative estimate of drug-likeness (QED) is 0.702. The van der Waals surface area contributed by atoms with E-state index < -0.39 is 5.91 Å². The average molecular weight is 349 g/mol. The number of nitrogens with two attached hydrogens (primary N) is 1. The van der Waals surface area contributed by atoms with E-state index in [4.69, 9.17) is 10.5 Å². The van der Waals surface area contributed by atoms with Crippen LogP contribution in [0, 0.1) is 0 Å². The van der Waals surface area contributed by atoms with Crippen molar-refractivity contribution >= 4 is 28.8 Å². The van der Waals surface area contributed by atoms with Crippen LogP contribution in [0.2, 0.25) is 0 Å². The summed E-state index contributed by atoms with van der Waals surface area (Å²) >= 11 is 0. The van der Waals surface area contributed by atoms with Crippen LogP contribution in [0.4, 0.5) is 5.82 Å². The van der Waals surface area contributed by atoms with Crippen molar-refractivity contribution < 1.29 is 9.53 Å². The molecule has 1 fully saturated rings. The lowest BCUT2D eigenvalue weighted by Gasteiger charge is -2.27. The summed E-state index contributed by atoms with van der Waals surface area (Å²) in [5, 5.41) is 0.928. The number of ether oxygens (including phenoxy) is 1. The maximum atomic E-state index is 11.0. The predicted molar refractivity (Wildman–Crippen MR) is 101 cm³/mol. The molecule has 132 valence electrons. The van der Waals surface area contributed by atoms with Gasteiger partial charge in [-0.25, -0.2) is 9.97 Å². The second-order valence-electron chi connectivity index (χ2n) is 6.10. The molecule has 0 atom stereocenters. The van der Waals surface area contributed by atoms with Gasteiger partial charge in [-0.2, -0.15) is 0 Å². The Kier molecular flexibility index (Phi) is 4.37. The smallest absolute Gasteiger partial charge is 0.241 e. The number of fused-ring (bicyclic) bond motifs is 1. The van der Waals surface area contributed by atoms with Crippen LogP contribution in [0.15, 0.2) is 42.9 Å². The first kappa shape index (κ1) is 16.3. The van der Waals surface area contributed by atoms with Crippen LogP contribution in [-0.2, 0) is 9.53 Å². The molecule has 26 heavy (non-hydrogen) atoms. The molecule has 0 radical (unpaired) electrons. The molecule has 3 N–H and O–H groups in total. The number of carbonyl (C=O) groups is 1. The van der Waals surface area contributed by atoms with Crippen molar-refractivity contribution in [2.75, 3.05) is 31.2 Å². The summed E-state index contributed by atoms with van der Waals surface area (Å²) in [6.07, 6.45) is 8.51. The summed E-state index contributed by atoms with van der Waals surface area (Å²) in [6, 6.07) is 6.10. The predicted octanol–water partition coefficient (Wildman–Crippen LogP) is 1.96. The van der Waals surface area contributed by atoms with Gasteiger partial charge in [0.15, 0.2) is 0 Å². The van der Waals surface area contributed by atoms with Gasteiger partial charge in [-0.15, -0.1) is 0 Å². The third-order valence-corrected chi connectivity index (χ3v) is 4.41. The van der Waals surface area contributed by atoms with Gasteiger partial charge in [-0.05, 0) is 24.3 Å². The summed E-state index contributed by atoms with van der Waals surface area (Å²) in [6.45, 7) is 3.19. The first-order valence-corrected chi connectivity index (χ1v) is 8.44. The molecule has 0 unspecified atom stereocenters. The zero-order valence-electron chi connectivity index (χ0n) is 14.2. The van der Waals surface area contributed by atoms with Gasteiger partial charge in [0.1, 0.15) is 11.5 Å². The molecule has 0 bridgehead atoms. The highest BCUT2D eigenvalue weighted by Crippen LogP contribution is 2.26. The Bertz CT molecular complexity index is 956. The van der Waals surface area contributed by atoms with E-state index in [9.17, 15) is 4.79 Å². The highest BCUT2D eigenvalue weighted by Gasteiger charge is 2.12. The van der Waals surface area contributed by atoms with E-state index in [0.717, 1.165) is 59.8 Å². The summed E-state index contributed by atoms with van der Waals surface area (Å²) in [7, 11) is 0. The van der Waals surface area contributed by atoms with Crippen molar-refractivity contribution in [3.8, 4) is 11.1 Å². The van der Waals surface area contributed by atoms with Gasteiger partial charge >= 0.3 is 0 Å². The second-order valence-corrected chi connectivity index (χ2v) is 6.10. The molecule has 0 aliphatic carbocycles. The summed E-state index contributed by atoms with van der Waals surface area (Å²) < 4.78 is 5.38. The Morgan fingerprint density at radius 2 is 2.00 bits per heavy atom. The van der Waals surface area contributed by atoms with E-state index in [2.05, 4.69) is 19.9 Å². The first-order valence-electron chi connectivity index (χ1n) is 8.44. The fourth-order valence-corrected chi connectivity index (χ4v) is 3.03. The maximum Gasteiger partial charge on any atom is 0.241 e.